The number of carbonyl (C=O) groups excluding carboxylic acids is 1. The Morgan fingerprint density at radius 1 is 1.40 bits per heavy atom. The first kappa shape index (κ1) is 14.0. The van der Waals surface area contributed by atoms with Crippen molar-refractivity contribution >= 4 is 11.6 Å². The summed E-state index contributed by atoms with van der Waals surface area (Å²) >= 11 is 0. The Hall–Kier alpha value is -2.37. The third-order valence-electron chi connectivity index (χ3n) is 2.81. The number of aryl methyl sites for hydroxylation is 1. The van der Waals surface area contributed by atoms with Crippen molar-refractivity contribution in [2.45, 2.75) is 13.5 Å². The maximum absolute atomic E-state index is 13.7. The number of halogens is 1. The third kappa shape index (κ3) is 3.14. The predicted molar refractivity (Wildman–Crippen MR) is 74.9 cm³/mol. The minimum Gasteiger partial charge on any atom is -0.382 e. The Kier molecular flexibility index (Phi) is 4.34. The lowest BCUT2D eigenvalue weighted by Gasteiger charge is -2.11. The lowest BCUT2D eigenvalue weighted by atomic mass is 10.1. The molecule has 2 aromatic rings. The van der Waals surface area contributed by atoms with E-state index in [-0.39, 0.29) is 11.6 Å². The largest absolute Gasteiger partial charge is 0.382 e. The van der Waals surface area contributed by atoms with Crippen molar-refractivity contribution in [3.8, 4) is 0 Å². The van der Waals surface area contributed by atoms with Gasteiger partial charge in [-0.1, -0.05) is 6.07 Å². The van der Waals surface area contributed by atoms with Crippen molar-refractivity contribution in [2.75, 3.05) is 11.9 Å². The zero-order chi connectivity index (χ0) is 14.5. The Labute approximate surface area is 116 Å². The van der Waals surface area contributed by atoms with Gasteiger partial charge in [0, 0.05) is 19.8 Å². The summed E-state index contributed by atoms with van der Waals surface area (Å²) in [5, 5.41) is 9.77. The van der Waals surface area contributed by atoms with E-state index in [0.29, 0.717) is 18.7 Å². The number of nitrogens with zero attached hydrogens (tertiary/aromatic N) is 2. The second kappa shape index (κ2) is 6.18. The van der Waals surface area contributed by atoms with Crippen LogP contribution in [0.3, 0.4) is 0 Å². The van der Waals surface area contributed by atoms with Crippen LogP contribution in [0.2, 0.25) is 0 Å². The molecule has 1 aromatic carbocycles. The van der Waals surface area contributed by atoms with Gasteiger partial charge in [-0.05, 0) is 25.1 Å². The van der Waals surface area contributed by atoms with Gasteiger partial charge in [0.05, 0.1) is 23.5 Å². The van der Waals surface area contributed by atoms with Crippen LogP contribution in [-0.4, -0.2) is 22.2 Å². The van der Waals surface area contributed by atoms with Crippen LogP contribution < -0.4 is 10.6 Å². The lowest BCUT2D eigenvalue weighted by molar-refractivity contribution is 0.0950. The standard InChI is InChI=1S/C14H17FN4O/c1-3-16-13-11(5-4-6-12(13)15)14(20)17-9-10-7-8-19(2)18-10/h4-8,16H,3,9H2,1-2H3,(H,17,20). The van der Waals surface area contributed by atoms with Gasteiger partial charge in [0.2, 0.25) is 0 Å². The molecule has 2 N–H and O–H groups in total. The molecule has 0 bridgehead atoms. The number of para-hydroxylation sites is 1. The van der Waals surface area contributed by atoms with E-state index in [0.717, 1.165) is 5.69 Å². The van der Waals surface area contributed by atoms with E-state index in [4.69, 9.17) is 0 Å². The highest BCUT2D eigenvalue weighted by atomic mass is 19.1. The summed E-state index contributed by atoms with van der Waals surface area (Å²) in [5.74, 6) is -0.761. The fraction of sp³-hybridized carbons (Fsp3) is 0.286. The van der Waals surface area contributed by atoms with E-state index < -0.39 is 5.82 Å². The quantitative estimate of drug-likeness (QED) is 0.877. The van der Waals surface area contributed by atoms with Gasteiger partial charge in [0.1, 0.15) is 5.82 Å². The molecule has 20 heavy (non-hydrogen) atoms. The summed E-state index contributed by atoms with van der Waals surface area (Å²) in [7, 11) is 1.81. The van der Waals surface area contributed by atoms with Crippen LogP contribution in [0, 0.1) is 5.82 Å². The molecule has 0 atom stereocenters. The van der Waals surface area contributed by atoms with Gasteiger partial charge < -0.3 is 10.6 Å². The van der Waals surface area contributed by atoms with Gasteiger partial charge in [0.25, 0.3) is 5.91 Å². The summed E-state index contributed by atoms with van der Waals surface area (Å²) in [6.45, 7) is 2.70. The SMILES string of the molecule is CCNc1c(F)cccc1C(=O)NCc1ccn(C)n1. The fourth-order valence-corrected chi connectivity index (χ4v) is 1.89. The monoisotopic (exact) mass is 276 g/mol. The van der Waals surface area contributed by atoms with Crippen molar-refractivity contribution in [3.05, 3.63) is 47.5 Å². The number of anilines is 1. The van der Waals surface area contributed by atoms with Crippen LogP contribution in [0.1, 0.15) is 23.0 Å². The third-order valence-corrected chi connectivity index (χ3v) is 2.81. The number of nitrogens with one attached hydrogen (secondary N) is 2. The minimum atomic E-state index is -0.433. The van der Waals surface area contributed by atoms with Gasteiger partial charge in [-0.2, -0.15) is 5.10 Å². The van der Waals surface area contributed by atoms with Crippen molar-refractivity contribution in [3.63, 3.8) is 0 Å². The molecule has 0 unspecified atom stereocenters. The van der Waals surface area contributed by atoms with Crippen LogP contribution in [0.15, 0.2) is 30.5 Å². The molecule has 0 radical (unpaired) electrons. The number of hydrogen-bond donors (Lipinski definition) is 2. The summed E-state index contributed by atoms with van der Waals surface area (Å²) in [5.41, 5.74) is 1.28. The van der Waals surface area contributed by atoms with E-state index >= 15 is 0 Å². The minimum absolute atomic E-state index is 0.230. The summed E-state index contributed by atoms with van der Waals surface area (Å²) in [4.78, 5) is 12.1. The average Bonchev–Trinajstić information content (AvgIpc) is 2.84. The topological polar surface area (TPSA) is 59.0 Å². The second-order valence-electron chi connectivity index (χ2n) is 4.36. The molecular weight excluding hydrogens is 259 g/mol. The molecular formula is C14H17FN4O. The molecule has 5 nitrogen and oxygen atoms in total. The average molecular weight is 276 g/mol. The van der Waals surface area contributed by atoms with Gasteiger partial charge >= 0.3 is 0 Å². The molecule has 0 aliphatic rings. The van der Waals surface area contributed by atoms with Crippen molar-refractivity contribution in [1.29, 1.82) is 0 Å². The first-order valence-corrected chi connectivity index (χ1v) is 6.41. The molecule has 0 saturated heterocycles. The number of rotatable bonds is 5. The Morgan fingerprint density at radius 2 is 2.20 bits per heavy atom. The number of benzene rings is 1. The molecule has 6 heteroatoms. The van der Waals surface area contributed by atoms with E-state index in [1.807, 2.05) is 13.0 Å². The highest BCUT2D eigenvalue weighted by Gasteiger charge is 2.14. The van der Waals surface area contributed by atoms with E-state index in [9.17, 15) is 9.18 Å². The Bertz CT molecular complexity index is 609. The van der Waals surface area contributed by atoms with Crippen LogP contribution in [0.4, 0.5) is 10.1 Å². The highest BCUT2D eigenvalue weighted by molar-refractivity contribution is 5.99. The molecule has 0 aliphatic heterocycles. The Balaban J connectivity index is 2.10. The molecule has 0 fully saturated rings. The zero-order valence-electron chi connectivity index (χ0n) is 11.5. The van der Waals surface area contributed by atoms with Crippen LogP contribution in [-0.2, 0) is 13.6 Å². The zero-order valence-corrected chi connectivity index (χ0v) is 11.5. The summed E-state index contributed by atoms with van der Waals surface area (Å²) in [6, 6.07) is 6.26. The smallest absolute Gasteiger partial charge is 0.253 e. The fourth-order valence-electron chi connectivity index (χ4n) is 1.89. The molecule has 0 saturated carbocycles. The van der Waals surface area contributed by atoms with Crippen LogP contribution >= 0.6 is 0 Å². The maximum Gasteiger partial charge on any atom is 0.253 e. The first-order chi connectivity index (χ1) is 9.61. The van der Waals surface area contributed by atoms with Gasteiger partial charge in [-0.15, -0.1) is 0 Å². The molecule has 1 heterocycles. The number of amides is 1. The summed E-state index contributed by atoms with van der Waals surface area (Å²) < 4.78 is 15.4. The number of aromatic nitrogens is 2. The van der Waals surface area contributed by atoms with E-state index in [1.54, 1.807) is 24.0 Å². The number of hydrogen-bond acceptors (Lipinski definition) is 3. The molecule has 2 rings (SSSR count). The molecule has 106 valence electrons. The summed E-state index contributed by atoms with van der Waals surface area (Å²) in [6.07, 6.45) is 1.80. The van der Waals surface area contributed by atoms with E-state index in [1.165, 1.54) is 12.1 Å². The van der Waals surface area contributed by atoms with E-state index in [2.05, 4.69) is 15.7 Å². The van der Waals surface area contributed by atoms with Crippen molar-refractivity contribution in [2.24, 2.45) is 7.05 Å². The maximum atomic E-state index is 13.7. The molecule has 1 aromatic heterocycles. The van der Waals surface area contributed by atoms with Crippen LogP contribution in [0.5, 0.6) is 0 Å². The van der Waals surface area contributed by atoms with Gasteiger partial charge in [-0.3, -0.25) is 9.48 Å². The molecule has 0 spiro atoms. The highest BCUT2D eigenvalue weighted by Crippen LogP contribution is 2.19. The predicted octanol–water partition coefficient (Wildman–Crippen LogP) is 1.92. The number of carbonyl (C=O) groups is 1. The van der Waals surface area contributed by atoms with Gasteiger partial charge in [0.15, 0.2) is 0 Å². The second-order valence-corrected chi connectivity index (χ2v) is 4.36. The van der Waals surface area contributed by atoms with Crippen molar-refractivity contribution < 1.29 is 9.18 Å². The lowest BCUT2D eigenvalue weighted by Crippen LogP contribution is -2.24. The molecule has 0 aliphatic carbocycles. The Morgan fingerprint density at radius 3 is 2.85 bits per heavy atom. The molecule has 1 amide bonds. The van der Waals surface area contributed by atoms with Crippen molar-refractivity contribution in [1.82, 2.24) is 15.1 Å². The normalized spacial score (nSPS) is 10.3. The first-order valence-electron chi connectivity index (χ1n) is 6.41. The van der Waals surface area contributed by atoms with Gasteiger partial charge in [-0.25, -0.2) is 4.39 Å². The van der Waals surface area contributed by atoms with Crippen LogP contribution in [0.25, 0.3) is 0 Å².